The summed E-state index contributed by atoms with van der Waals surface area (Å²) in [6.45, 7) is 9.47. The van der Waals surface area contributed by atoms with Crippen molar-refractivity contribution in [1.82, 2.24) is 15.1 Å². The number of rotatable bonds is 4. The summed E-state index contributed by atoms with van der Waals surface area (Å²) in [5.41, 5.74) is -1.39. The number of carbonyl (C=O) groups is 4. The molecule has 0 radical (unpaired) electrons. The number of carbonyl (C=O) groups excluding carboxylic acids is 4. The Morgan fingerprint density at radius 2 is 1.80 bits per heavy atom. The van der Waals surface area contributed by atoms with Crippen LogP contribution < -0.4 is 5.32 Å². The van der Waals surface area contributed by atoms with Crippen molar-refractivity contribution in [1.29, 1.82) is 0 Å². The Balaban J connectivity index is 1.64. The fourth-order valence-corrected chi connectivity index (χ4v) is 7.68. The summed E-state index contributed by atoms with van der Waals surface area (Å²) in [5.74, 6) is -3.88. The third kappa shape index (κ3) is 5.63. The van der Waals surface area contributed by atoms with Gasteiger partial charge in [0.15, 0.2) is 0 Å². The van der Waals surface area contributed by atoms with Crippen LogP contribution in [0.25, 0.3) is 0 Å². The first-order valence-electron chi connectivity index (χ1n) is 15.3. The molecule has 2 fully saturated rings. The molecule has 7 atom stereocenters. The molecule has 3 amide bonds. The van der Waals surface area contributed by atoms with Crippen molar-refractivity contribution in [2.45, 2.75) is 82.9 Å². The quantitative estimate of drug-likeness (QED) is 0.372. The van der Waals surface area contributed by atoms with Gasteiger partial charge in [-0.2, -0.15) is 0 Å². The number of cyclic esters (lactones) is 1. The Hall–Kier alpha value is -3.02. The molecule has 10 nitrogen and oxygen atoms in total. The Bertz CT molecular complexity index is 1360. The van der Waals surface area contributed by atoms with Crippen molar-refractivity contribution in [3.8, 4) is 0 Å². The highest BCUT2D eigenvalue weighted by atomic mass is 79.9. The second-order valence-corrected chi connectivity index (χ2v) is 14.3. The summed E-state index contributed by atoms with van der Waals surface area (Å²) < 4.78 is 13.2. The fraction of sp³-hybridized carbons (Fsp3) is 0.576. The van der Waals surface area contributed by atoms with E-state index in [1.54, 1.807) is 11.0 Å². The van der Waals surface area contributed by atoms with Gasteiger partial charge in [0, 0.05) is 23.0 Å². The molecule has 5 bridgehead atoms. The molecule has 0 saturated carbocycles. The molecule has 4 heterocycles. The Labute approximate surface area is 266 Å². The normalized spacial score (nSPS) is 32.8. The van der Waals surface area contributed by atoms with Gasteiger partial charge in [-0.15, -0.1) is 0 Å². The average molecular weight is 673 g/mol. The van der Waals surface area contributed by atoms with E-state index in [9.17, 15) is 24.3 Å². The zero-order chi connectivity index (χ0) is 32.0. The number of nitrogens with one attached hydrogen (secondary N) is 1. The van der Waals surface area contributed by atoms with Crippen molar-refractivity contribution in [2.75, 3.05) is 19.7 Å². The maximum absolute atomic E-state index is 14.8. The van der Waals surface area contributed by atoms with Gasteiger partial charge in [0.1, 0.15) is 29.8 Å². The second-order valence-electron chi connectivity index (χ2n) is 13.3. The van der Waals surface area contributed by atoms with E-state index in [1.165, 1.54) is 4.90 Å². The van der Waals surface area contributed by atoms with Crippen LogP contribution in [-0.4, -0.2) is 87.6 Å². The van der Waals surface area contributed by atoms with Gasteiger partial charge in [0.25, 0.3) is 0 Å². The van der Waals surface area contributed by atoms with Gasteiger partial charge in [-0.3, -0.25) is 19.2 Å². The monoisotopic (exact) mass is 671 g/mol. The number of hydrogen-bond donors (Lipinski definition) is 2. The summed E-state index contributed by atoms with van der Waals surface area (Å²) in [6.07, 6.45) is 4.54. The summed E-state index contributed by atoms with van der Waals surface area (Å²) in [7, 11) is 0. The number of halogens is 1. The predicted molar refractivity (Wildman–Crippen MR) is 166 cm³/mol. The lowest BCUT2D eigenvalue weighted by atomic mass is 9.74. The average Bonchev–Trinajstić information content (AvgIpc) is 3.55. The molecule has 0 unspecified atom stereocenters. The first kappa shape index (κ1) is 32.4. The lowest BCUT2D eigenvalue weighted by molar-refractivity contribution is -0.161. The number of allylic oxidation sites excluding steroid dienone is 1. The van der Waals surface area contributed by atoms with Crippen LogP contribution in [0.1, 0.15) is 59.1 Å². The molecule has 0 aliphatic carbocycles. The van der Waals surface area contributed by atoms with Gasteiger partial charge < -0.3 is 29.7 Å². The molecule has 2 saturated heterocycles. The molecule has 4 aliphatic heterocycles. The van der Waals surface area contributed by atoms with E-state index in [4.69, 9.17) is 9.47 Å². The van der Waals surface area contributed by atoms with Crippen molar-refractivity contribution >= 4 is 39.6 Å². The zero-order valence-corrected chi connectivity index (χ0v) is 27.5. The molecule has 1 aromatic rings. The summed E-state index contributed by atoms with van der Waals surface area (Å²) >= 11 is 3.58. The third-order valence-corrected chi connectivity index (χ3v) is 9.85. The van der Waals surface area contributed by atoms with E-state index in [-0.39, 0.29) is 43.8 Å². The molecule has 1 aromatic carbocycles. The molecule has 1 spiro atoms. The number of ether oxygens (including phenoxy) is 2. The predicted octanol–water partition coefficient (Wildman–Crippen LogP) is 3.25. The minimum absolute atomic E-state index is 0.0578. The highest BCUT2D eigenvalue weighted by Crippen LogP contribution is 2.59. The summed E-state index contributed by atoms with van der Waals surface area (Å²) in [4.78, 5) is 59.3. The van der Waals surface area contributed by atoms with E-state index >= 15 is 0 Å². The molecular formula is C33H42BrN3O7. The van der Waals surface area contributed by atoms with E-state index in [2.05, 4.69) is 21.2 Å². The maximum Gasteiger partial charge on any atom is 0.313 e. The Morgan fingerprint density at radius 3 is 2.43 bits per heavy atom. The van der Waals surface area contributed by atoms with Gasteiger partial charge in [-0.25, -0.2) is 0 Å². The number of likely N-dealkylation sites (tertiary alicyclic amines) is 1. The molecular weight excluding hydrogens is 630 g/mol. The summed E-state index contributed by atoms with van der Waals surface area (Å²) in [5, 5.41) is 13.4. The molecule has 2 N–H and O–H groups in total. The van der Waals surface area contributed by atoms with Crippen molar-refractivity contribution < 1.29 is 33.8 Å². The van der Waals surface area contributed by atoms with Crippen molar-refractivity contribution in [3.63, 3.8) is 0 Å². The number of hydrogen-bond acceptors (Lipinski definition) is 7. The maximum atomic E-state index is 14.8. The number of esters is 1. The Kier molecular flexibility index (Phi) is 9.13. The van der Waals surface area contributed by atoms with Crippen LogP contribution in [0.2, 0.25) is 0 Å². The van der Waals surface area contributed by atoms with Crippen molar-refractivity contribution in [2.24, 2.45) is 17.8 Å². The third-order valence-electron chi connectivity index (χ3n) is 9.17. The number of amides is 3. The van der Waals surface area contributed by atoms with Gasteiger partial charge >= 0.3 is 5.97 Å². The van der Waals surface area contributed by atoms with E-state index in [1.807, 2.05) is 77.1 Å². The lowest BCUT2D eigenvalue weighted by Gasteiger charge is -2.43. The lowest BCUT2D eigenvalue weighted by Crippen LogP contribution is -2.62. The van der Waals surface area contributed by atoms with E-state index in [0.29, 0.717) is 16.5 Å². The van der Waals surface area contributed by atoms with Crippen LogP contribution in [-0.2, 0) is 28.7 Å². The molecule has 4 aliphatic rings. The first-order valence-corrected chi connectivity index (χ1v) is 16.1. The first-order chi connectivity index (χ1) is 20.8. The second kappa shape index (κ2) is 12.4. The Morgan fingerprint density at radius 1 is 1.09 bits per heavy atom. The highest BCUT2D eigenvalue weighted by molar-refractivity contribution is 9.11. The minimum Gasteiger partial charge on any atom is -0.455 e. The number of fused-ring (bicyclic) bond motifs is 2. The zero-order valence-electron chi connectivity index (χ0n) is 25.9. The number of aliphatic hydroxyl groups is 1. The molecule has 0 aromatic heterocycles. The van der Waals surface area contributed by atoms with E-state index in [0.717, 1.165) is 0 Å². The van der Waals surface area contributed by atoms with Crippen LogP contribution in [0.4, 0.5) is 0 Å². The van der Waals surface area contributed by atoms with Crippen LogP contribution in [0.5, 0.6) is 0 Å². The van der Waals surface area contributed by atoms with Crippen molar-refractivity contribution in [3.05, 3.63) is 58.6 Å². The van der Waals surface area contributed by atoms with Gasteiger partial charge in [0.2, 0.25) is 17.7 Å². The largest absolute Gasteiger partial charge is 0.455 e. The van der Waals surface area contributed by atoms with Crippen LogP contribution in [0, 0.1) is 17.8 Å². The smallest absolute Gasteiger partial charge is 0.313 e. The SMILES string of the molecule is CC(C)[C@H](CO)N1C(=O)[C@H]2[C@@H]3C(=O)O[C@H](c4ccccc4)CNC(=O)CC/C=C\CN(C(C)(C)C)C(=O)[C@H]1[C@@]21C=C(Br)[C@@H]3O1. The minimum atomic E-state index is -1.44. The van der Waals surface area contributed by atoms with E-state index < -0.39 is 59.1 Å². The van der Waals surface area contributed by atoms with Gasteiger partial charge in [-0.05, 0) is 44.7 Å². The molecule has 5 rings (SSSR count). The standard InChI is InChI=1S/C33H42BrN3O7/c1-19(2)22(18-38)37-28-30(41)36(32(3,4)5)15-11-7-10-14-24(39)35-17-23(20-12-8-6-9-13-20)43-31(42)25-26(29(37)40)33(28)16-21(34)27(25)44-33/h6-9,11-13,16,19,22-23,25-28,38H,10,14-15,17-18H2,1-5H3,(H,35,39)/b11-7-/t22-,23-,25-,26+,27-,28-,33+/m0/s1. The number of nitrogens with zero attached hydrogens (tertiary/aromatic N) is 2. The highest BCUT2D eigenvalue weighted by Gasteiger charge is 2.75. The van der Waals surface area contributed by atoms with Crippen LogP contribution in [0.3, 0.4) is 0 Å². The van der Waals surface area contributed by atoms with Gasteiger partial charge in [-0.1, -0.05) is 72.3 Å². The number of benzene rings is 1. The number of aliphatic hydroxyl groups excluding tert-OH is 1. The molecule has 238 valence electrons. The van der Waals surface area contributed by atoms with Crippen LogP contribution in [0.15, 0.2) is 53.0 Å². The molecule has 44 heavy (non-hydrogen) atoms. The topological polar surface area (TPSA) is 125 Å². The fourth-order valence-electron chi connectivity index (χ4n) is 6.95. The molecule has 11 heteroatoms. The van der Waals surface area contributed by atoms with Crippen LogP contribution >= 0.6 is 15.9 Å². The summed E-state index contributed by atoms with van der Waals surface area (Å²) in [6, 6.07) is 7.32. The van der Waals surface area contributed by atoms with Gasteiger partial charge in [0.05, 0.1) is 25.1 Å².